The van der Waals surface area contributed by atoms with Crippen LogP contribution in [0, 0.1) is 0 Å². The molecule has 0 aromatic heterocycles. The van der Waals surface area contributed by atoms with Gasteiger partial charge in [0.2, 0.25) is 0 Å². The molecular weight excluding hydrogens is 218 g/mol. The van der Waals surface area contributed by atoms with Crippen molar-refractivity contribution in [1.29, 1.82) is 0 Å². The molecule has 2 N–H and O–H groups in total. The summed E-state index contributed by atoms with van der Waals surface area (Å²) >= 11 is 0. The third-order valence-corrected chi connectivity index (χ3v) is 2.76. The molecule has 0 fully saturated rings. The van der Waals surface area contributed by atoms with Crippen LogP contribution < -0.4 is 10.1 Å². The smallest absolute Gasteiger partial charge is 0.320 e. The van der Waals surface area contributed by atoms with E-state index >= 15 is 0 Å². The maximum atomic E-state index is 11.0. The highest BCUT2D eigenvalue weighted by Crippen LogP contribution is 2.24. The van der Waals surface area contributed by atoms with Crippen LogP contribution in [0.1, 0.15) is 31.9 Å². The van der Waals surface area contributed by atoms with Crippen LogP contribution in [0.4, 0.5) is 0 Å². The van der Waals surface area contributed by atoms with Gasteiger partial charge in [-0.1, -0.05) is 25.1 Å². The fourth-order valence-corrected chi connectivity index (χ4v) is 1.78. The van der Waals surface area contributed by atoms with Crippen LogP contribution in [0.15, 0.2) is 24.3 Å². The monoisotopic (exact) mass is 237 g/mol. The fraction of sp³-hybridized carbons (Fsp3) is 0.462. The van der Waals surface area contributed by atoms with Crippen LogP contribution in [0.5, 0.6) is 5.75 Å². The van der Waals surface area contributed by atoms with Crippen molar-refractivity contribution in [2.24, 2.45) is 0 Å². The number of carboxylic acid groups (broad SMARTS) is 1. The average molecular weight is 237 g/mol. The van der Waals surface area contributed by atoms with Crippen LogP contribution in [-0.2, 0) is 4.79 Å². The highest BCUT2D eigenvalue weighted by molar-refractivity contribution is 5.73. The topological polar surface area (TPSA) is 58.6 Å². The van der Waals surface area contributed by atoms with Crippen LogP contribution in [0.2, 0.25) is 0 Å². The molecule has 1 rings (SSSR count). The van der Waals surface area contributed by atoms with Gasteiger partial charge in [0.15, 0.2) is 0 Å². The Labute approximate surface area is 102 Å². The van der Waals surface area contributed by atoms with Gasteiger partial charge in [-0.15, -0.1) is 0 Å². The summed E-state index contributed by atoms with van der Waals surface area (Å²) in [6.07, 6.45) is 0.550. The molecule has 1 aromatic rings. The van der Waals surface area contributed by atoms with Crippen molar-refractivity contribution in [2.75, 3.05) is 7.11 Å². The number of benzene rings is 1. The summed E-state index contributed by atoms with van der Waals surface area (Å²) in [6, 6.07) is 7.02. The van der Waals surface area contributed by atoms with Crippen molar-refractivity contribution in [3.05, 3.63) is 29.8 Å². The first kappa shape index (κ1) is 13.5. The Balaban J connectivity index is 2.81. The minimum Gasteiger partial charge on any atom is -0.496 e. The van der Waals surface area contributed by atoms with Gasteiger partial charge in [-0.25, -0.2) is 0 Å². The molecule has 0 radical (unpaired) electrons. The van der Waals surface area contributed by atoms with E-state index in [-0.39, 0.29) is 6.04 Å². The van der Waals surface area contributed by atoms with E-state index in [9.17, 15) is 4.79 Å². The van der Waals surface area contributed by atoms with E-state index in [4.69, 9.17) is 9.84 Å². The number of nitrogens with one attached hydrogen (secondary N) is 1. The number of methoxy groups -OCH3 is 1. The van der Waals surface area contributed by atoms with E-state index < -0.39 is 12.0 Å². The Hall–Kier alpha value is -1.55. The quantitative estimate of drug-likeness (QED) is 0.796. The summed E-state index contributed by atoms with van der Waals surface area (Å²) < 4.78 is 5.25. The Morgan fingerprint density at radius 2 is 2.12 bits per heavy atom. The van der Waals surface area contributed by atoms with Gasteiger partial charge < -0.3 is 9.84 Å². The molecule has 94 valence electrons. The zero-order valence-corrected chi connectivity index (χ0v) is 10.4. The number of rotatable bonds is 6. The average Bonchev–Trinajstić information content (AvgIpc) is 2.35. The van der Waals surface area contributed by atoms with E-state index in [1.807, 2.05) is 38.1 Å². The first-order chi connectivity index (χ1) is 8.10. The predicted octanol–water partition coefficient (Wildman–Crippen LogP) is 2.21. The van der Waals surface area contributed by atoms with E-state index in [1.54, 1.807) is 7.11 Å². The summed E-state index contributed by atoms with van der Waals surface area (Å²) in [5.74, 6) is -0.0537. The van der Waals surface area contributed by atoms with Crippen LogP contribution >= 0.6 is 0 Å². The first-order valence-electron chi connectivity index (χ1n) is 5.71. The van der Waals surface area contributed by atoms with Gasteiger partial charge in [-0.2, -0.15) is 0 Å². The van der Waals surface area contributed by atoms with Gasteiger partial charge in [-0.05, 0) is 19.4 Å². The van der Waals surface area contributed by atoms with E-state index in [0.29, 0.717) is 6.42 Å². The predicted molar refractivity (Wildman–Crippen MR) is 66.3 cm³/mol. The molecule has 4 heteroatoms. The Bertz CT molecular complexity index is 379. The number of carboxylic acids is 1. The van der Waals surface area contributed by atoms with Crippen molar-refractivity contribution in [3.8, 4) is 5.75 Å². The standard InChI is InChI=1S/C13H19NO3/c1-4-11(13(15)16)14-9(2)10-7-5-6-8-12(10)17-3/h5-9,11,14H,4H2,1-3H3,(H,15,16)/t9-,11?/m1/s1. The molecule has 0 spiro atoms. The van der Waals surface area contributed by atoms with E-state index in [2.05, 4.69) is 5.32 Å². The lowest BCUT2D eigenvalue weighted by Gasteiger charge is -2.21. The molecule has 0 bridgehead atoms. The molecule has 0 aliphatic carbocycles. The maximum Gasteiger partial charge on any atom is 0.320 e. The second-order valence-electron chi connectivity index (χ2n) is 3.93. The molecule has 2 atom stereocenters. The second-order valence-corrected chi connectivity index (χ2v) is 3.93. The zero-order chi connectivity index (χ0) is 12.8. The van der Waals surface area contributed by atoms with E-state index in [1.165, 1.54) is 0 Å². The third kappa shape index (κ3) is 3.46. The molecular formula is C13H19NO3. The van der Waals surface area contributed by atoms with Crippen molar-refractivity contribution in [2.45, 2.75) is 32.4 Å². The second kappa shape index (κ2) is 6.25. The summed E-state index contributed by atoms with van der Waals surface area (Å²) in [6.45, 7) is 3.78. The molecule has 0 saturated heterocycles. The fourth-order valence-electron chi connectivity index (χ4n) is 1.78. The minimum atomic E-state index is -0.825. The van der Waals surface area contributed by atoms with Gasteiger partial charge in [0.05, 0.1) is 7.11 Å². The third-order valence-electron chi connectivity index (χ3n) is 2.76. The number of carbonyl (C=O) groups is 1. The molecule has 0 aliphatic heterocycles. The lowest BCUT2D eigenvalue weighted by atomic mass is 10.1. The lowest BCUT2D eigenvalue weighted by Crippen LogP contribution is -2.37. The van der Waals surface area contributed by atoms with Gasteiger partial charge in [0.25, 0.3) is 0 Å². The van der Waals surface area contributed by atoms with Crippen molar-refractivity contribution >= 4 is 5.97 Å². The molecule has 0 aliphatic rings. The van der Waals surface area contributed by atoms with Gasteiger partial charge in [0, 0.05) is 11.6 Å². The SMILES string of the molecule is CCC(N[C@H](C)c1ccccc1OC)C(=O)O. The maximum absolute atomic E-state index is 11.0. The van der Waals surface area contributed by atoms with E-state index in [0.717, 1.165) is 11.3 Å². The Morgan fingerprint density at radius 1 is 1.47 bits per heavy atom. The molecule has 17 heavy (non-hydrogen) atoms. The lowest BCUT2D eigenvalue weighted by molar-refractivity contribution is -0.139. The number of hydrogen-bond donors (Lipinski definition) is 2. The zero-order valence-electron chi connectivity index (χ0n) is 10.4. The van der Waals surface area contributed by atoms with Crippen molar-refractivity contribution < 1.29 is 14.6 Å². The number of ether oxygens (including phenoxy) is 1. The molecule has 0 amide bonds. The van der Waals surface area contributed by atoms with Crippen LogP contribution in [-0.4, -0.2) is 24.2 Å². The van der Waals surface area contributed by atoms with Crippen molar-refractivity contribution in [1.82, 2.24) is 5.32 Å². The Morgan fingerprint density at radius 3 is 2.65 bits per heavy atom. The summed E-state index contributed by atoms with van der Waals surface area (Å²) in [7, 11) is 1.61. The Kier molecular flexibility index (Phi) is 4.97. The van der Waals surface area contributed by atoms with Gasteiger partial charge in [-0.3, -0.25) is 10.1 Å². The summed E-state index contributed by atoms with van der Waals surface area (Å²) in [5.41, 5.74) is 0.967. The molecule has 1 unspecified atom stereocenters. The molecule has 0 saturated carbocycles. The summed E-state index contributed by atoms with van der Waals surface area (Å²) in [4.78, 5) is 11.0. The number of para-hydroxylation sites is 1. The van der Waals surface area contributed by atoms with Crippen LogP contribution in [0.3, 0.4) is 0 Å². The normalized spacial score (nSPS) is 14.1. The van der Waals surface area contributed by atoms with Crippen LogP contribution in [0.25, 0.3) is 0 Å². The molecule has 1 aromatic carbocycles. The van der Waals surface area contributed by atoms with Gasteiger partial charge in [0.1, 0.15) is 11.8 Å². The number of aliphatic carboxylic acids is 1. The highest BCUT2D eigenvalue weighted by Gasteiger charge is 2.19. The number of hydrogen-bond acceptors (Lipinski definition) is 3. The van der Waals surface area contributed by atoms with Crippen molar-refractivity contribution in [3.63, 3.8) is 0 Å². The first-order valence-corrected chi connectivity index (χ1v) is 5.71. The van der Waals surface area contributed by atoms with Gasteiger partial charge >= 0.3 is 5.97 Å². The molecule has 0 heterocycles. The largest absolute Gasteiger partial charge is 0.496 e. The molecule has 4 nitrogen and oxygen atoms in total. The summed E-state index contributed by atoms with van der Waals surface area (Å²) in [5, 5.41) is 12.1. The highest BCUT2D eigenvalue weighted by atomic mass is 16.5. The minimum absolute atomic E-state index is 0.0628.